The first kappa shape index (κ1) is 19.9. The zero-order chi connectivity index (χ0) is 19.3. The molecule has 0 heterocycles. The van der Waals surface area contributed by atoms with E-state index in [2.05, 4.69) is 26.8 Å². The lowest BCUT2D eigenvalue weighted by Gasteiger charge is -2.14. The van der Waals surface area contributed by atoms with Gasteiger partial charge < -0.3 is 14.2 Å². The highest BCUT2D eigenvalue weighted by Crippen LogP contribution is 2.38. The minimum absolute atomic E-state index is 0.208. The standard InChI is InChI=1S/C17H16BrClN2O5/c1-24-13-6-9(7-14(25-2)15(13)26-3)16(22)20-21-17(23)11-8-10(18)4-5-12(11)19/h4-8H,1-3H3,(H,20,22)(H,21,23). The van der Waals surface area contributed by atoms with Crippen molar-refractivity contribution < 1.29 is 23.8 Å². The Morgan fingerprint density at radius 1 is 0.923 bits per heavy atom. The summed E-state index contributed by atoms with van der Waals surface area (Å²) in [4.78, 5) is 24.5. The molecule has 0 bridgehead atoms. The summed E-state index contributed by atoms with van der Waals surface area (Å²) in [6.45, 7) is 0. The zero-order valence-corrected chi connectivity index (χ0v) is 16.5. The summed E-state index contributed by atoms with van der Waals surface area (Å²) in [7, 11) is 4.34. The Hall–Kier alpha value is -2.45. The monoisotopic (exact) mass is 442 g/mol. The second kappa shape index (κ2) is 8.77. The van der Waals surface area contributed by atoms with E-state index in [1.54, 1.807) is 18.2 Å². The van der Waals surface area contributed by atoms with Crippen LogP contribution in [0, 0.1) is 0 Å². The molecule has 138 valence electrons. The number of amides is 2. The van der Waals surface area contributed by atoms with Gasteiger partial charge in [-0.3, -0.25) is 20.4 Å². The predicted octanol–water partition coefficient (Wildman–Crippen LogP) is 3.20. The summed E-state index contributed by atoms with van der Waals surface area (Å²) in [5.41, 5.74) is 5.05. The number of benzene rings is 2. The van der Waals surface area contributed by atoms with Gasteiger partial charge in [-0.15, -0.1) is 0 Å². The van der Waals surface area contributed by atoms with Crippen molar-refractivity contribution >= 4 is 39.3 Å². The van der Waals surface area contributed by atoms with E-state index >= 15 is 0 Å². The fourth-order valence-corrected chi connectivity index (χ4v) is 2.70. The maximum absolute atomic E-state index is 12.3. The van der Waals surface area contributed by atoms with Crippen LogP contribution in [0.1, 0.15) is 20.7 Å². The number of hydrogen-bond acceptors (Lipinski definition) is 5. The number of rotatable bonds is 5. The summed E-state index contributed by atoms with van der Waals surface area (Å²) in [6.07, 6.45) is 0. The number of carbonyl (C=O) groups excluding carboxylic acids is 2. The number of ether oxygens (including phenoxy) is 3. The lowest BCUT2D eigenvalue weighted by Crippen LogP contribution is -2.41. The lowest BCUT2D eigenvalue weighted by atomic mass is 10.1. The van der Waals surface area contributed by atoms with Crippen LogP contribution in [-0.4, -0.2) is 33.1 Å². The number of hydrogen-bond donors (Lipinski definition) is 2. The van der Waals surface area contributed by atoms with Crippen LogP contribution in [-0.2, 0) is 0 Å². The summed E-state index contributed by atoms with van der Waals surface area (Å²) in [6, 6.07) is 7.75. The number of hydrazine groups is 1. The van der Waals surface area contributed by atoms with Crippen LogP contribution >= 0.6 is 27.5 Å². The third-order valence-electron chi connectivity index (χ3n) is 3.39. The molecule has 0 aliphatic heterocycles. The molecule has 0 aliphatic carbocycles. The molecule has 0 fully saturated rings. The van der Waals surface area contributed by atoms with Crippen molar-refractivity contribution in [1.29, 1.82) is 0 Å². The van der Waals surface area contributed by atoms with Gasteiger partial charge in [0, 0.05) is 10.0 Å². The molecule has 7 nitrogen and oxygen atoms in total. The van der Waals surface area contributed by atoms with Crippen LogP contribution < -0.4 is 25.1 Å². The molecular formula is C17H16BrClN2O5. The van der Waals surface area contributed by atoms with Gasteiger partial charge in [0.2, 0.25) is 5.75 Å². The Balaban J connectivity index is 2.17. The van der Waals surface area contributed by atoms with E-state index in [-0.39, 0.29) is 16.1 Å². The third kappa shape index (κ3) is 4.39. The van der Waals surface area contributed by atoms with Crippen LogP contribution in [0.2, 0.25) is 5.02 Å². The first-order valence-corrected chi connectivity index (χ1v) is 8.44. The molecule has 2 aromatic carbocycles. The van der Waals surface area contributed by atoms with Crippen molar-refractivity contribution in [3.05, 3.63) is 51.0 Å². The van der Waals surface area contributed by atoms with Gasteiger partial charge in [0.15, 0.2) is 11.5 Å². The molecular weight excluding hydrogens is 428 g/mol. The number of carbonyl (C=O) groups is 2. The quantitative estimate of drug-likeness (QED) is 0.693. The molecule has 0 aromatic heterocycles. The molecule has 2 aromatic rings. The Bertz CT molecular complexity index is 819. The van der Waals surface area contributed by atoms with Gasteiger partial charge in [0.1, 0.15) is 0 Å². The number of halogens is 2. The Morgan fingerprint density at radius 3 is 2.04 bits per heavy atom. The number of methoxy groups -OCH3 is 3. The second-order valence-corrected chi connectivity index (χ2v) is 6.27. The van der Waals surface area contributed by atoms with E-state index < -0.39 is 11.8 Å². The molecule has 0 radical (unpaired) electrons. The van der Waals surface area contributed by atoms with Crippen molar-refractivity contribution in [3.8, 4) is 17.2 Å². The first-order valence-electron chi connectivity index (χ1n) is 7.27. The van der Waals surface area contributed by atoms with Gasteiger partial charge in [-0.25, -0.2) is 0 Å². The van der Waals surface area contributed by atoms with Crippen LogP contribution in [0.3, 0.4) is 0 Å². The van der Waals surface area contributed by atoms with Crippen molar-refractivity contribution in [2.45, 2.75) is 0 Å². The first-order chi connectivity index (χ1) is 12.4. The highest BCUT2D eigenvalue weighted by molar-refractivity contribution is 9.10. The molecule has 0 spiro atoms. The molecule has 26 heavy (non-hydrogen) atoms. The molecule has 0 atom stereocenters. The molecule has 0 saturated heterocycles. The topological polar surface area (TPSA) is 85.9 Å². The average Bonchev–Trinajstić information content (AvgIpc) is 2.66. The minimum Gasteiger partial charge on any atom is -0.493 e. The SMILES string of the molecule is COc1cc(C(=O)NNC(=O)c2cc(Br)ccc2Cl)cc(OC)c1OC. The van der Waals surface area contributed by atoms with E-state index in [1.165, 1.54) is 33.5 Å². The summed E-state index contributed by atoms with van der Waals surface area (Å²) < 4.78 is 16.3. The molecule has 2 N–H and O–H groups in total. The van der Waals surface area contributed by atoms with Crippen LogP contribution in [0.25, 0.3) is 0 Å². The van der Waals surface area contributed by atoms with Crippen molar-refractivity contribution in [3.63, 3.8) is 0 Å². The van der Waals surface area contributed by atoms with Crippen LogP contribution in [0.4, 0.5) is 0 Å². The molecule has 0 saturated carbocycles. The average molecular weight is 444 g/mol. The smallest absolute Gasteiger partial charge is 0.271 e. The predicted molar refractivity (Wildman–Crippen MR) is 100 cm³/mol. The Morgan fingerprint density at radius 2 is 1.50 bits per heavy atom. The summed E-state index contributed by atoms with van der Waals surface area (Å²) in [5.74, 6) is -0.131. The Kier molecular flexibility index (Phi) is 6.70. The highest BCUT2D eigenvalue weighted by Gasteiger charge is 2.18. The summed E-state index contributed by atoms with van der Waals surface area (Å²) >= 11 is 9.26. The van der Waals surface area contributed by atoms with E-state index in [0.717, 1.165) is 0 Å². The summed E-state index contributed by atoms with van der Waals surface area (Å²) in [5, 5.41) is 0.257. The third-order valence-corrected chi connectivity index (χ3v) is 4.21. The minimum atomic E-state index is -0.566. The maximum atomic E-state index is 12.3. The van der Waals surface area contributed by atoms with Gasteiger partial charge in [0.05, 0.1) is 31.9 Å². The molecule has 2 rings (SSSR count). The van der Waals surface area contributed by atoms with Crippen LogP contribution in [0.5, 0.6) is 17.2 Å². The molecule has 0 unspecified atom stereocenters. The fourth-order valence-electron chi connectivity index (χ4n) is 2.14. The largest absolute Gasteiger partial charge is 0.493 e. The van der Waals surface area contributed by atoms with Crippen molar-refractivity contribution in [2.24, 2.45) is 0 Å². The van der Waals surface area contributed by atoms with Gasteiger partial charge >= 0.3 is 0 Å². The fraction of sp³-hybridized carbons (Fsp3) is 0.176. The number of nitrogens with one attached hydrogen (secondary N) is 2. The zero-order valence-electron chi connectivity index (χ0n) is 14.2. The highest BCUT2D eigenvalue weighted by atomic mass is 79.9. The maximum Gasteiger partial charge on any atom is 0.271 e. The van der Waals surface area contributed by atoms with Gasteiger partial charge in [-0.05, 0) is 30.3 Å². The lowest BCUT2D eigenvalue weighted by molar-refractivity contribution is 0.0846. The van der Waals surface area contributed by atoms with Gasteiger partial charge in [0.25, 0.3) is 11.8 Å². The van der Waals surface area contributed by atoms with Crippen LogP contribution in [0.15, 0.2) is 34.8 Å². The molecule has 9 heteroatoms. The van der Waals surface area contributed by atoms with Crippen molar-refractivity contribution in [1.82, 2.24) is 10.9 Å². The van der Waals surface area contributed by atoms with Crippen molar-refractivity contribution in [2.75, 3.05) is 21.3 Å². The van der Waals surface area contributed by atoms with E-state index in [4.69, 9.17) is 25.8 Å². The molecule has 2 amide bonds. The van der Waals surface area contributed by atoms with Gasteiger partial charge in [-0.2, -0.15) is 0 Å². The van der Waals surface area contributed by atoms with E-state index in [9.17, 15) is 9.59 Å². The molecule has 0 aliphatic rings. The van der Waals surface area contributed by atoms with Gasteiger partial charge in [-0.1, -0.05) is 27.5 Å². The van der Waals surface area contributed by atoms with E-state index in [1.807, 2.05) is 0 Å². The normalized spacial score (nSPS) is 10.0. The van der Waals surface area contributed by atoms with E-state index in [0.29, 0.717) is 21.7 Å². The second-order valence-electron chi connectivity index (χ2n) is 4.95. The Labute approximate surface area is 163 Å².